The first kappa shape index (κ1) is 18.1. The Hall–Kier alpha value is -4.65. The van der Waals surface area contributed by atoms with E-state index in [4.69, 9.17) is 4.98 Å². The fourth-order valence-corrected chi connectivity index (χ4v) is 3.74. The summed E-state index contributed by atoms with van der Waals surface area (Å²) >= 11 is 0. The molecule has 0 atom stereocenters. The van der Waals surface area contributed by atoms with Crippen LogP contribution in [0.4, 0.5) is 0 Å². The molecule has 32 heavy (non-hydrogen) atoms. The average Bonchev–Trinajstić information content (AvgIpc) is 3.51. The first-order chi connectivity index (χ1) is 15.9. The molecule has 0 N–H and O–H groups in total. The van der Waals surface area contributed by atoms with Gasteiger partial charge in [-0.1, -0.05) is 6.07 Å². The maximum atomic E-state index is 4.91. The third kappa shape index (κ3) is 3.13. The van der Waals surface area contributed by atoms with E-state index in [0.29, 0.717) is 0 Å². The number of pyridine rings is 3. The molecule has 6 aromatic rings. The van der Waals surface area contributed by atoms with Crippen LogP contribution in [-0.2, 0) is 0 Å². The summed E-state index contributed by atoms with van der Waals surface area (Å²) in [7, 11) is 0. The summed E-state index contributed by atoms with van der Waals surface area (Å²) in [6, 6.07) is 21.9. The van der Waals surface area contributed by atoms with Gasteiger partial charge in [0.2, 0.25) is 0 Å². The zero-order valence-corrected chi connectivity index (χ0v) is 16.9. The number of aromatic nitrogens is 7. The molecule has 0 saturated carbocycles. The summed E-state index contributed by atoms with van der Waals surface area (Å²) < 4.78 is 4.07. The predicted octanol–water partition coefficient (Wildman–Crippen LogP) is 4.73. The number of nitrogens with zero attached hydrogens (tertiary/aromatic N) is 7. The molecule has 7 nitrogen and oxygen atoms in total. The Kier molecular flexibility index (Phi) is 4.28. The van der Waals surface area contributed by atoms with E-state index in [1.165, 1.54) is 0 Å². The molecule has 0 unspecified atom stereocenters. The third-order valence-corrected chi connectivity index (χ3v) is 5.28. The van der Waals surface area contributed by atoms with Gasteiger partial charge >= 0.3 is 0 Å². The number of rotatable bonds is 4. The van der Waals surface area contributed by atoms with Gasteiger partial charge in [0.05, 0.1) is 23.1 Å². The van der Waals surface area contributed by atoms with Crippen LogP contribution in [0.5, 0.6) is 0 Å². The summed E-state index contributed by atoms with van der Waals surface area (Å²) in [6.07, 6.45) is 10.9. The Balaban J connectivity index is 1.45. The lowest BCUT2D eigenvalue weighted by molar-refractivity contribution is 1.05. The van der Waals surface area contributed by atoms with E-state index in [0.717, 1.165) is 45.3 Å². The van der Waals surface area contributed by atoms with Gasteiger partial charge in [-0.2, -0.15) is 0 Å². The van der Waals surface area contributed by atoms with Gasteiger partial charge in [0.15, 0.2) is 5.65 Å². The van der Waals surface area contributed by atoms with Crippen molar-refractivity contribution in [3.63, 3.8) is 0 Å². The minimum atomic E-state index is 0.726. The summed E-state index contributed by atoms with van der Waals surface area (Å²) in [5, 5.41) is 0. The van der Waals surface area contributed by atoms with Crippen LogP contribution in [-0.4, -0.2) is 34.1 Å². The highest BCUT2D eigenvalue weighted by molar-refractivity contribution is 5.73. The van der Waals surface area contributed by atoms with E-state index in [2.05, 4.69) is 44.2 Å². The van der Waals surface area contributed by atoms with Crippen molar-refractivity contribution in [1.29, 1.82) is 0 Å². The number of hydrogen-bond donors (Lipinski definition) is 0. The average molecular weight is 415 g/mol. The highest BCUT2D eigenvalue weighted by Gasteiger charge is 2.14. The fraction of sp³-hybridized carbons (Fsp3) is 0. The first-order valence-electron chi connectivity index (χ1n) is 10.2. The van der Waals surface area contributed by atoms with Crippen LogP contribution < -0.4 is 0 Å². The van der Waals surface area contributed by atoms with E-state index < -0.39 is 0 Å². The maximum absolute atomic E-state index is 4.91. The SMILES string of the molecule is c1ccc(-c2cn(-c3cccnc3)c(-c3ccc(-n4cnc5ncccc54)cc3)n2)nc1. The normalized spacial score (nSPS) is 11.1. The molecule has 152 valence electrons. The smallest absolute Gasteiger partial charge is 0.177 e. The van der Waals surface area contributed by atoms with Crippen molar-refractivity contribution >= 4 is 11.2 Å². The van der Waals surface area contributed by atoms with Crippen LogP contribution in [0.3, 0.4) is 0 Å². The zero-order chi connectivity index (χ0) is 21.3. The van der Waals surface area contributed by atoms with Crippen LogP contribution in [0.2, 0.25) is 0 Å². The molecular formula is C25H17N7. The van der Waals surface area contributed by atoms with E-state index in [-0.39, 0.29) is 0 Å². The topological polar surface area (TPSA) is 74.3 Å². The van der Waals surface area contributed by atoms with Crippen LogP contribution in [0.1, 0.15) is 0 Å². The van der Waals surface area contributed by atoms with Crippen molar-refractivity contribution in [3.8, 4) is 34.2 Å². The minimum absolute atomic E-state index is 0.726. The molecule has 0 bridgehead atoms. The summed E-state index contributed by atoms with van der Waals surface area (Å²) in [6.45, 7) is 0. The van der Waals surface area contributed by atoms with Gasteiger partial charge in [-0.25, -0.2) is 15.0 Å². The van der Waals surface area contributed by atoms with E-state index in [1.54, 1.807) is 24.9 Å². The molecule has 6 rings (SSSR count). The molecule has 5 heterocycles. The van der Waals surface area contributed by atoms with Gasteiger partial charge in [0, 0.05) is 36.0 Å². The molecule has 0 radical (unpaired) electrons. The van der Waals surface area contributed by atoms with Crippen molar-refractivity contribution in [2.24, 2.45) is 0 Å². The van der Waals surface area contributed by atoms with Gasteiger partial charge in [0.1, 0.15) is 17.8 Å². The Morgan fingerprint density at radius 2 is 1.50 bits per heavy atom. The second-order valence-corrected chi connectivity index (χ2v) is 7.25. The quantitative estimate of drug-likeness (QED) is 0.416. The van der Waals surface area contributed by atoms with E-state index >= 15 is 0 Å². The van der Waals surface area contributed by atoms with E-state index in [1.807, 2.05) is 64.0 Å². The maximum Gasteiger partial charge on any atom is 0.177 e. The van der Waals surface area contributed by atoms with Gasteiger partial charge in [-0.05, 0) is 60.7 Å². The van der Waals surface area contributed by atoms with Crippen molar-refractivity contribution < 1.29 is 0 Å². The molecule has 0 aliphatic heterocycles. The summed E-state index contributed by atoms with van der Waals surface area (Å²) in [4.78, 5) is 22.3. The van der Waals surface area contributed by atoms with Crippen LogP contribution in [0.25, 0.3) is 45.3 Å². The van der Waals surface area contributed by atoms with Gasteiger partial charge in [-0.3, -0.25) is 19.1 Å². The second-order valence-electron chi connectivity index (χ2n) is 7.25. The highest BCUT2D eigenvalue weighted by Crippen LogP contribution is 2.28. The Bertz CT molecular complexity index is 1500. The number of imidazole rings is 2. The van der Waals surface area contributed by atoms with Gasteiger partial charge < -0.3 is 0 Å². The van der Waals surface area contributed by atoms with Crippen molar-refractivity contribution in [2.45, 2.75) is 0 Å². The minimum Gasteiger partial charge on any atom is -0.298 e. The molecule has 0 spiro atoms. The Morgan fingerprint density at radius 1 is 0.625 bits per heavy atom. The van der Waals surface area contributed by atoms with Gasteiger partial charge in [0.25, 0.3) is 0 Å². The molecule has 7 heteroatoms. The Morgan fingerprint density at radius 3 is 2.31 bits per heavy atom. The first-order valence-corrected chi connectivity index (χ1v) is 10.2. The lowest BCUT2D eigenvalue weighted by Gasteiger charge is -2.09. The molecule has 0 aliphatic carbocycles. The monoisotopic (exact) mass is 415 g/mol. The fourth-order valence-electron chi connectivity index (χ4n) is 3.74. The lowest BCUT2D eigenvalue weighted by atomic mass is 10.2. The number of hydrogen-bond acceptors (Lipinski definition) is 5. The second kappa shape index (κ2) is 7.55. The summed E-state index contributed by atoms with van der Waals surface area (Å²) in [5.74, 6) is 0.822. The highest BCUT2D eigenvalue weighted by atomic mass is 15.1. The zero-order valence-electron chi connectivity index (χ0n) is 16.9. The molecule has 1 aromatic carbocycles. The van der Waals surface area contributed by atoms with Crippen molar-refractivity contribution in [3.05, 3.63) is 104 Å². The van der Waals surface area contributed by atoms with Crippen molar-refractivity contribution in [2.75, 3.05) is 0 Å². The molecule has 0 amide bonds. The molecule has 0 saturated heterocycles. The lowest BCUT2D eigenvalue weighted by Crippen LogP contribution is -1.97. The number of benzene rings is 1. The van der Waals surface area contributed by atoms with Crippen LogP contribution in [0, 0.1) is 0 Å². The standard InChI is InChI=1S/C25H17N7/c1-2-13-27-21(6-1)22-16-31(20-5-3-12-26-15-20)25(30-22)18-8-10-19(11-9-18)32-17-29-24-23(32)7-4-14-28-24/h1-17H. The van der Waals surface area contributed by atoms with E-state index in [9.17, 15) is 0 Å². The third-order valence-electron chi connectivity index (χ3n) is 5.28. The predicted molar refractivity (Wildman–Crippen MR) is 122 cm³/mol. The molecule has 0 fully saturated rings. The largest absolute Gasteiger partial charge is 0.298 e. The van der Waals surface area contributed by atoms with Crippen molar-refractivity contribution in [1.82, 2.24) is 34.1 Å². The number of fused-ring (bicyclic) bond motifs is 1. The van der Waals surface area contributed by atoms with Gasteiger partial charge in [-0.15, -0.1) is 0 Å². The molecular weight excluding hydrogens is 398 g/mol. The Labute approximate surface area is 183 Å². The van der Waals surface area contributed by atoms with Crippen LogP contribution >= 0.6 is 0 Å². The summed E-state index contributed by atoms with van der Waals surface area (Å²) in [5.41, 5.74) is 6.26. The van der Waals surface area contributed by atoms with Crippen LogP contribution in [0.15, 0.2) is 104 Å². The molecule has 5 aromatic heterocycles. The molecule has 0 aliphatic rings.